The van der Waals surface area contributed by atoms with Crippen LogP contribution in [0.1, 0.15) is 60.4 Å². The number of fused-ring (bicyclic) bond motifs is 3. The van der Waals surface area contributed by atoms with Crippen LogP contribution >= 0.6 is 21.1 Å². The molecule has 3 aromatic carbocycles. The molecule has 0 aromatic heterocycles. The van der Waals surface area contributed by atoms with Crippen molar-refractivity contribution >= 4 is 55.0 Å². The maximum Gasteiger partial charge on any atom is 0.256 e. The number of nitrogens with two attached hydrogens (primary N) is 1. The highest BCUT2D eigenvalue weighted by Gasteiger charge is 2.34. The number of rotatable bonds is 12. The zero-order chi connectivity index (χ0) is 30.5. The number of aliphatic hydroxyl groups is 1. The van der Waals surface area contributed by atoms with Crippen LogP contribution < -0.4 is 24.6 Å². The van der Waals surface area contributed by atoms with Gasteiger partial charge in [0.1, 0.15) is 5.75 Å². The average molecular weight is 628 g/mol. The van der Waals surface area contributed by atoms with E-state index in [1.165, 1.54) is 7.11 Å². The number of amides is 2. The van der Waals surface area contributed by atoms with Gasteiger partial charge in [-0.05, 0) is 49.1 Å². The quantitative estimate of drug-likeness (QED) is 0.118. The number of methoxy groups -OCH3 is 1. The molecule has 0 bridgehead atoms. The number of halogens is 1. The van der Waals surface area contributed by atoms with Crippen molar-refractivity contribution in [3.63, 3.8) is 0 Å². The number of likely N-dealkylation sites (tertiary alicyclic amines) is 1. The molecule has 0 radical (unpaired) electrons. The monoisotopic (exact) mass is 627 g/mol. The van der Waals surface area contributed by atoms with Gasteiger partial charge in [0.15, 0.2) is 11.5 Å². The van der Waals surface area contributed by atoms with Crippen molar-refractivity contribution in [3.05, 3.63) is 53.6 Å². The summed E-state index contributed by atoms with van der Waals surface area (Å²) in [5, 5.41) is 11.7. The second kappa shape index (κ2) is 14.0. The fraction of sp³-hybridized carbons (Fsp3) is 0.438. The molecule has 43 heavy (non-hydrogen) atoms. The molecular weight excluding hydrogens is 589 g/mol. The topological polar surface area (TPSA) is 115 Å². The van der Waals surface area contributed by atoms with E-state index in [1.54, 1.807) is 17.0 Å². The molecule has 230 valence electrons. The molecule has 0 aliphatic carbocycles. The molecular formula is C32H39ClN3O6P. The molecule has 3 N–H and O–H groups in total. The van der Waals surface area contributed by atoms with Gasteiger partial charge in [0.2, 0.25) is 5.91 Å². The summed E-state index contributed by atoms with van der Waals surface area (Å²) in [7, 11) is 3.82. The van der Waals surface area contributed by atoms with Gasteiger partial charge in [-0.2, -0.15) is 0 Å². The fourth-order valence-corrected chi connectivity index (χ4v) is 6.67. The molecule has 0 saturated carbocycles. The molecule has 1 saturated heterocycles. The number of nitrogens with zero attached hydrogens (tertiary/aromatic N) is 2. The number of carbonyl (C=O) groups is 2. The predicted octanol–water partition coefficient (Wildman–Crippen LogP) is 5.50. The van der Waals surface area contributed by atoms with Gasteiger partial charge >= 0.3 is 0 Å². The Balaban J connectivity index is 1.15. The van der Waals surface area contributed by atoms with Crippen molar-refractivity contribution < 1.29 is 28.7 Å². The Labute approximate surface area is 259 Å². The first kappa shape index (κ1) is 31.2. The van der Waals surface area contributed by atoms with Crippen LogP contribution in [0.5, 0.6) is 17.2 Å². The van der Waals surface area contributed by atoms with Gasteiger partial charge in [-0.15, -0.1) is 11.6 Å². The van der Waals surface area contributed by atoms with Crippen molar-refractivity contribution in [3.8, 4) is 17.2 Å². The van der Waals surface area contributed by atoms with Crippen molar-refractivity contribution in [1.29, 1.82) is 0 Å². The van der Waals surface area contributed by atoms with Gasteiger partial charge in [0, 0.05) is 54.5 Å². The molecule has 2 amide bonds. The molecule has 2 heterocycles. The van der Waals surface area contributed by atoms with E-state index in [0.29, 0.717) is 66.9 Å². The van der Waals surface area contributed by atoms with Crippen molar-refractivity contribution in [1.82, 2.24) is 4.90 Å². The standard InChI is InChI=1S/C32H39ClN3O6P/c1-40-28-14-24(32(39)35-12-7-8-21(35)19-37)25(34)15-29(28)41-13-6-2-3-11-30(38)36-18-20(17-33)31-23-10-5-4-9-22(23)27(42-43)16-26(31)36/h4-5,9-10,14-16,20-21,37H,2-3,6-8,11-13,17-19,34,43H2,1H3/t20-,21+/m1/s1. The molecule has 1 unspecified atom stereocenters. The summed E-state index contributed by atoms with van der Waals surface area (Å²) >= 11 is 6.36. The third kappa shape index (κ3) is 6.35. The summed E-state index contributed by atoms with van der Waals surface area (Å²) in [6.07, 6.45) is 4.29. The highest BCUT2D eigenvalue weighted by Crippen LogP contribution is 2.46. The highest BCUT2D eigenvalue weighted by molar-refractivity contribution is 7.10. The van der Waals surface area contributed by atoms with E-state index >= 15 is 0 Å². The van der Waals surface area contributed by atoms with E-state index in [1.807, 2.05) is 29.2 Å². The second-order valence-electron chi connectivity index (χ2n) is 11.1. The van der Waals surface area contributed by atoms with Gasteiger partial charge in [0.25, 0.3) is 5.91 Å². The maximum absolute atomic E-state index is 13.3. The average Bonchev–Trinajstić information content (AvgIpc) is 3.67. The summed E-state index contributed by atoms with van der Waals surface area (Å²) < 4.78 is 17.0. The number of ether oxygens (including phenoxy) is 2. The van der Waals surface area contributed by atoms with Crippen molar-refractivity contribution in [2.45, 2.75) is 50.5 Å². The third-order valence-corrected chi connectivity index (χ3v) is 9.08. The number of carbonyl (C=O) groups excluding carboxylic acids is 2. The first-order chi connectivity index (χ1) is 20.9. The molecule has 3 atom stereocenters. The Bertz CT molecular complexity index is 1490. The number of hydrogen-bond acceptors (Lipinski definition) is 7. The predicted molar refractivity (Wildman–Crippen MR) is 173 cm³/mol. The number of anilines is 2. The molecule has 2 aliphatic rings. The van der Waals surface area contributed by atoms with Gasteiger partial charge < -0.3 is 34.6 Å². The smallest absolute Gasteiger partial charge is 0.256 e. The minimum atomic E-state index is -0.216. The second-order valence-corrected chi connectivity index (χ2v) is 11.6. The minimum absolute atomic E-state index is 0.0630. The number of alkyl halides is 1. The van der Waals surface area contributed by atoms with E-state index in [0.717, 1.165) is 47.7 Å². The molecule has 5 rings (SSSR count). The van der Waals surface area contributed by atoms with Crippen LogP contribution in [0, 0.1) is 0 Å². The fourth-order valence-electron chi connectivity index (χ4n) is 6.23. The zero-order valence-electron chi connectivity index (χ0n) is 24.4. The minimum Gasteiger partial charge on any atom is -0.493 e. The number of hydrogen-bond donors (Lipinski definition) is 2. The van der Waals surface area contributed by atoms with Crippen LogP contribution in [0.15, 0.2) is 42.5 Å². The van der Waals surface area contributed by atoms with E-state index in [-0.39, 0.29) is 30.4 Å². The van der Waals surface area contributed by atoms with Gasteiger partial charge in [0.05, 0.1) is 47.1 Å². The van der Waals surface area contributed by atoms with E-state index < -0.39 is 0 Å². The first-order valence-electron chi connectivity index (χ1n) is 14.7. The number of aliphatic hydroxyl groups excluding tert-OH is 1. The van der Waals surface area contributed by atoms with Crippen LogP contribution in [0.25, 0.3) is 10.8 Å². The number of benzene rings is 3. The molecule has 11 heteroatoms. The first-order valence-corrected chi connectivity index (χ1v) is 15.7. The summed E-state index contributed by atoms with van der Waals surface area (Å²) in [6.45, 7) is 1.50. The molecule has 3 aromatic rings. The normalized spacial score (nSPS) is 17.8. The number of unbranched alkanes of at least 4 members (excludes halogenated alkanes) is 2. The van der Waals surface area contributed by atoms with E-state index in [2.05, 4.69) is 15.5 Å². The Morgan fingerprint density at radius 2 is 1.88 bits per heavy atom. The lowest BCUT2D eigenvalue weighted by molar-refractivity contribution is -0.118. The van der Waals surface area contributed by atoms with E-state index in [9.17, 15) is 14.7 Å². The summed E-state index contributed by atoms with van der Waals surface area (Å²) in [6, 6.07) is 13.0. The molecule has 1 fully saturated rings. The maximum atomic E-state index is 13.3. The third-order valence-electron chi connectivity index (χ3n) is 8.45. The Hall–Kier alpha value is -3.26. The van der Waals surface area contributed by atoms with Crippen LogP contribution in [0.3, 0.4) is 0 Å². The SMILES string of the molecule is COc1cc(C(=O)N2CCC[C@H]2CO)c(N)cc1OCCCCCC(=O)N1C[C@@H](CCl)c2c1cc(OP)c1ccccc21. The lowest BCUT2D eigenvalue weighted by atomic mass is 9.95. The zero-order valence-corrected chi connectivity index (χ0v) is 26.3. The van der Waals surface area contributed by atoms with Crippen LogP contribution in [-0.4, -0.2) is 67.2 Å². The largest absolute Gasteiger partial charge is 0.493 e. The molecule has 2 aliphatic heterocycles. The summed E-state index contributed by atoms with van der Waals surface area (Å²) in [5.74, 6) is 1.95. The van der Waals surface area contributed by atoms with Crippen LogP contribution in [0.2, 0.25) is 0 Å². The number of nitrogen functional groups attached to an aromatic ring is 1. The van der Waals surface area contributed by atoms with Crippen LogP contribution in [-0.2, 0) is 4.79 Å². The van der Waals surface area contributed by atoms with Gasteiger partial charge in [-0.3, -0.25) is 9.59 Å². The summed E-state index contributed by atoms with van der Waals surface area (Å²) in [5.41, 5.74) is 8.87. The van der Waals surface area contributed by atoms with Crippen molar-refractivity contribution in [2.24, 2.45) is 0 Å². The Morgan fingerprint density at radius 1 is 1.09 bits per heavy atom. The molecule has 0 spiro atoms. The Kier molecular flexibility index (Phi) is 10.2. The van der Waals surface area contributed by atoms with Crippen LogP contribution in [0.4, 0.5) is 11.4 Å². The van der Waals surface area contributed by atoms with E-state index in [4.69, 9.17) is 31.3 Å². The lowest BCUT2D eigenvalue weighted by Gasteiger charge is -2.24. The van der Waals surface area contributed by atoms with Gasteiger partial charge in [-0.1, -0.05) is 24.3 Å². The Morgan fingerprint density at radius 3 is 2.60 bits per heavy atom. The van der Waals surface area contributed by atoms with Crippen molar-refractivity contribution in [2.75, 3.05) is 49.9 Å². The van der Waals surface area contributed by atoms with Gasteiger partial charge in [-0.25, -0.2) is 0 Å². The molecule has 9 nitrogen and oxygen atoms in total. The lowest BCUT2D eigenvalue weighted by Crippen LogP contribution is -2.38. The highest BCUT2D eigenvalue weighted by atomic mass is 35.5. The summed E-state index contributed by atoms with van der Waals surface area (Å²) in [4.78, 5) is 29.9.